The van der Waals surface area contributed by atoms with Gasteiger partial charge in [-0.2, -0.15) is 0 Å². The summed E-state index contributed by atoms with van der Waals surface area (Å²) in [5, 5.41) is 6.53. The van der Waals surface area contributed by atoms with E-state index in [2.05, 4.69) is 27.4 Å². The van der Waals surface area contributed by atoms with Crippen LogP contribution in [0.4, 0.5) is 0 Å². The number of piperidine rings is 2. The maximum Gasteiger partial charge on any atom is 0.229 e. The zero-order chi connectivity index (χ0) is 18.1. The summed E-state index contributed by atoms with van der Waals surface area (Å²) in [7, 11) is 1.74. The van der Waals surface area contributed by atoms with E-state index in [9.17, 15) is 9.59 Å². The molecule has 0 aromatic carbocycles. The molecule has 0 aliphatic carbocycles. The van der Waals surface area contributed by atoms with Crippen molar-refractivity contribution in [2.24, 2.45) is 4.99 Å². The van der Waals surface area contributed by atoms with Crippen LogP contribution in [0.2, 0.25) is 0 Å². The van der Waals surface area contributed by atoms with Gasteiger partial charge in [0.05, 0.1) is 0 Å². The van der Waals surface area contributed by atoms with Crippen LogP contribution in [0.5, 0.6) is 0 Å². The van der Waals surface area contributed by atoms with Crippen LogP contribution in [-0.4, -0.2) is 73.4 Å². The molecular weight excluding hydrogens is 445 g/mol. The average molecular weight is 479 g/mol. The molecule has 2 fully saturated rings. The number of hydrogen-bond acceptors (Lipinski definition) is 4. The molecule has 26 heavy (non-hydrogen) atoms. The smallest absolute Gasteiger partial charge is 0.229 e. The molecule has 7 nitrogen and oxygen atoms in total. The fourth-order valence-corrected chi connectivity index (χ4v) is 3.69. The van der Waals surface area contributed by atoms with E-state index in [1.165, 1.54) is 37.1 Å². The molecule has 1 unspecified atom stereocenters. The van der Waals surface area contributed by atoms with Crippen molar-refractivity contribution in [3.05, 3.63) is 0 Å². The lowest BCUT2D eigenvalue weighted by atomic mass is 10.0. The Balaban J connectivity index is 0.00000338. The second kappa shape index (κ2) is 12.5. The Bertz CT molecular complexity index is 470. The lowest BCUT2D eigenvalue weighted by molar-refractivity contribution is -0.147. The lowest BCUT2D eigenvalue weighted by Crippen LogP contribution is -2.48. The lowest BCUT2D eigenvalue weighted by Gasteiger charge is -2.35. The van der Waals surface area contributed by atoms with E-state index in [1.54, 1.807) is 7.05 Å². The third-order valence-electron chi connectivity index (χ3n) is 5.15. The number of carbonyl (C=O) groups is 2. The minimum Gasteiger partial charge on any atom is -0.355 e. The number of imide groups is 1. The van der Waals surface area contributed by atoms with E-state index in [0.29, 0.717) is 38.4 Å². The van der Waals surface area contributed by atoms with E-state index in [0.717, 1.165) is 19.0 Å². The van der Waals surface area contributed by atoms with Gasteiger partial charge in [-0.3, -0.25) is 24.4 Å². The van der Waals surface area contributed by atoms with Crippen molar-refractivity contribution >= 4 is 41.8 Å². The van der Waals surface area contributed by atoms with Gasteiger partial charge in [-0.05, 0) is 32.2 Å². The van der Waals surface area contributed by atoms with E-state index < -0.39 is 0 Å². The number of amides is 2. The first-order valence-electron chi connectivity index (χ1n) is 9.67. The number of hydrogen-bond donors (Lipinski definition) is 2. The topological polar surface area (TPSA) is 77.0 Å². The van der Waals surface area contributed by atoms with E-state index in [-0.39, 0.29) is 35.8 Å². The SMILES string of the molecule is CCC1CCCCN1CCNC(=NC)NCCN1C(=O)CCCC1=O.I. The number of nitrogens with one attached hydrogen (secondary N) is 2. The molecule has 2 amide bonds. The van der Waals surface area contributed by atoms with Gasteiger partial charge in [0, 0.05) is 52.1 Å². The highest BCUT2D eigenvalue weighted by Gasteiger charge is 2.25. The molecular formula is C18H34IN5O2. The number of halogens is 1. The molecule has 0 aromatic heterocycles. The Morgan fingerprint density at radius 1 is 1.08 bits per heavy atom. The predicted molar refractivity (Wildman–Crippen MR) is 115 cm³/mol. The molecule has 8 heteroatoms. The third-order valence-corrected chi connectivity index (χ3v) is 5.15. The van der Waals surface area contributed by atoms with Gasteiger partial charge in [0.1, 0.15) is 0 Å². The molecule has 2 aliphatic rings. The molecule has 2 saturated heterocycles. The summed E-state index contributed by atoms with van der Waals surface area (Å²) in [4.78, 5) is 31.7. The Kier molecular flexibility index (Phi) is 11.1. The van der Waals surface area contributed by atoms with E-state index in [1.807, 2.05) is 0 Å². The fraction of sp³-hybridized carbons (Fsp3) is 0.833. The van der Waals surface area contributed by atoms with E-state index >= 15 is 0 Å². The molecule has 2 aliphatic heterocycles. The van der Waals surface area contributed by atoms with Crippen LogP contribution in [0.25, 0.3) is 0 Å². The molecule has 0 saturated carbocycles. The molecule has 2 rings (SSSR count). The minimum absolute atomic E-state index is 0. The average Bonchev–Trinajstić information content (AvgIpc) is 2.63. The number of likely N-dealkylation sites (tertiary alicyclic amines) is 2. The van der Waals surface area contributed by atoms with Gasteiger partial charge in [0.2, 0.25) is 11.8 Å². The predicted octanol–water partition coefficient (Wildman–Crippen LogP) is 1.57. The number of guanidine groups is 1. The standard InChI is InChI=1S/C18H33N5O2.HI/c1-3-15-7-4-5-12-22(15)13-10-20-18(19-2)21-11-14-23-16(24)8-6-9-17(23)25;/h15H,3-14H2,1-2H3,(H2,19,20,21);1H. The Hall–Kier alpha value is -0.900. The largest absolute Gasteiger partial charge is 0.355 e. The molecule has 1 atom stereocenters. The van der Waals surface area contributed by atoms with Crippen molar-refractivity contribution in [2.45, 2.75) is 57.9 Å². The van der Waals surface area contributed by atoms with Crippen molar-refractivity contribution in [3.63, 3.8) is 0 Å². The number of aliphatic imine (C=N–C) groups is 1. The van der Waals surface area contributed by atoms with Crippen LogP contribution in [0.1, 0.15) is 51.9 Å². The summed E-state index contributed by atoms with van der Waals surface area (Å²) in [5.41, 5.74) is 0. The Morgan fingerprint density at radius 3 is 2.35 bits per heavy atom. The first-order chi connectivity index (χ1) is 12.2. The molecule has 2 N–H and O–H groups in total. The van der Waals surface area contributed by atoms with Gasteiger partial charge in [-0.1, -0.05) is 13.3 Å². The maximum absolute atomic E-state index is 11.8. The fourth-order valence-electron chi connectivity index (χ4n) is 3.69. The quantitative estimate of drug-likeness (QED) is 0.251. The zero-order valence-electron chi connectivity index (χ0n) is 16.1. The first kappa shape index (κ1) is 23.1. The third kappa shape index (κ3) is 7.02. The Morgan fingerprint density at radius 2 is 1.73 bits per heavy atom. The summed E-state index contributed by atoms with van der Waals surface area (Å²) < 4.78 is 0. The van der Waals surface area contributed by atoms with Crippen LogP contribution in [0.3, 0.4) is 0 Å². The van der Waals surface area contributed by atoms with Crippen LogP contribution in [-0.2, 0) is 9.59 Å². The summed E-state index contributed by atoms with van der Waals surface area (Å²) in [5.74, 6) is 0.607. The van der Waals surface area contributed by atoms with Gasteiger partial charge >= 0.3 is 0 Å². The molecule has 0 radical (unpaired) electrons. The van der Waals surface area contributed by atoms with Crippen LogP contribution in [0.15, 0.2) is 4.99 Å². The summed E-state index contributed by atoms with van der Waals surface area (Å²) in [6.07, 6.45) is 6.80. The van der Waals surface area contributed by atoms with Crippen LogP contribution < -0.4 is 10.6 Å². The van der Waals surface area contributed by atoms with Gasteiger partial charge in [0.25, 0.3) is 0 Å². The Labute approximate surface area is 174 Å². The van der Waals surface area contributed by atoms with Gasteiger partial charge in [-0.25, -0.2) is 0 Å². The highest BCUT2D eigenvalue weighted by Crippen LogP contribution is 2.18. The van der Waals surface area contributed by atoms with Gasteiger partial charge < -0.3 is 10.6 Å². The van der Waals surface area contributed by atoms with Crippen LogP contribution in [0, 0.1) is 0 Å². The number of nitrogens with zero attached hydrogens (tertiary/aromatic N) is 3. The van der Waals surface area contributed by atoms with Gasteiger partial charge in [-0.15, -0.1) is 24.0 Å². The molecule has 150 valence electrons. The second-order valence-electron chi connectivity index (χ2n) is 6.81. The van der Waals surface area contributed by atoms with Crippen molar-refractivity contribution in [1.29, 1.82) is 0 Å². The number of carbonyl (C=O) groups excluding carboxylic acids is 2. The van der Waals surface area contributed by atoms with E-state index in [4.69, 9.17) is 0 Å². The molecule has 0 spiro atoms. The molecule has 0 aromatic rings. The summed E-state index contributed by atoms with van der Waals surface area (Å²) in [6, 6.07) is 0.710. The first-order valence-corrected chi connectivity index (χ1v) is 9.67. The summed E-state index contributed by atoms with van der Waals surface area (Å²) in [6.45, 7) is 6.24. The van der Waals surface area contributed by atoms with Crippen molar-refractivity contribution < 1.29 is 9.59 Å². The highest BCUT2D eigenvalue weighted by molar-refractivity contribution is 14.0. The molecule has 0 bridgehead atoms. The number of rotatable bonds is 7. The maximum atomic E-state index is 11.8. The molecule has 2 heterocycles. The van der Waals surface area contributed by atoms with Crippen molar-refractivity contribution in [1.82, 2.24) is 20.4 Å². The summed E-state index contributed by atoms with van der Waals surface area (Å²) >= 11 is 0. The second-order valence-corrected chi connectivity index (χ2v) is 6.81. The van der Waals surface area contributed by atoms with Crippen molar-refractivity contribution in [3.8, 4) is 0 Å². The van der Waals surface area contributed by atoms with Crippen molar-refractivity contribution in [2.75, 3.05) is 39.8 Å². The van der Waals surface area contributed by atoms with Crippen LogP contribution >= 0.6 is 24.0 Å². The van der Waals surface area contributed by atoms with Gasteiger partial charge in [0.15, 0.2) is 5.96 Å². The minimum atomic E-state index is -0.0586. The zero-order valence-corrected chi connectivity index (χ0v) is 18.5. The highest BCUT2D eigenvalue weighted by atomic mass is 127. The monoisotopic (exact) mass is 479 g/mol. The normalized spacial score (nSPS) is 22.2.